The highest BCUT2D eigenvalue weighted by atomic mass is 16.3. The van der Waals surface area contributed by atoms with Gasteiger partial charge in [-0.25, -0.2) is 4.98 Å². The van der Waals surface area contributed by atoms with Crippen LogP contribution in [0.2, 0.25) is 0 Å². The molecular weight excluding hydrogens is 500 g/mol. The van der Waals surface area contributed by atoms with Gasteiger partial charge in [-0.2, -0.15) is 14.7 Å². The largest absolute Gasteiger partial charge is 0.395 e. The van der Waals surface area contributed by atoms with E-state index in [2.05, 4.69) is 15.2 Å². The molecule has 0 aliphatic carbocycles. The Labute approximate surface area is 225 Å². The van der Waals surface area contributed by atoms with Gasteiger partial charge in [0, 0.05) is 55.1 Å². The molecule has 0 saturated carbocycles. The highest BCUT2D eigenvalue weighted by Gasteiger charge is 2.38. The molecule has 0 unspecified atom stereocenters. The summed E-state index contributed by atoms with van der Waals surface area (Å²) in [5, 5.41) is 27.9. The molecule has 4 N–H and O–H groups in total. The van der Waals surface area contributed by atoms with Gasteiger partial charge in [0.1, 0.15) is 5.82 Å². The van der Waals surface area contributed by atoms with Crippen molar-refractivity contribution in [3.05, 3.63) is 48.2 Å². The van der Waals surface area contributed by atoms with Crippen LogP contribution >= 0.6 is 0 Å². The SMILES string of the molecule is CC(=O)c1c(C2CCN(C(=O)C(C)(CO)CO)CC2)nc2c(-c3ccc(-c4cnn(C)c4)nc3)cnn2c1N. The molecule has 1 aliphatic rings. The molecule has 12 nitrogen and oxygen atoms in total. The topological polar surface area (TPSA) is 165 Å². The number of amides is 1. The highest BCUT2D eigenvalue weighted by molar-refractivity contribution is 6.00. The molecule has 0 atom stereocenters. The van der Waals surface area contributed by atoms with Crippen LogP contribution in [0.3, 0.4) is 0 Å². The van der Waals surface area contributed by atoms with Crippen LogP contribution in [0.4, 0.5) is 5.82 Å². The summed E-state index contributed by atoms with van der Waals surface area (Å²) in [6.07, 6.45) is 8.18. The molecule has 4 aromatic rings. The number of aromatic nitrogens is 6. The Bertz CT molecular complexity index is 1530. The first-order valence-corrected chi connectivity index (χ1v) is 12.8. The number of aryl methyl sites for hydroxylation is 1. The number of hydrogen-bond acceptors (Lipinski definition) is 9. The maximum absolute atomic E-state index is 12.9. The molecule has 1 amide bonds. The first-order valence-electron chi connectivity index (χ1n) is 12.8. The number of aliphatic hydroxyl groups is 2. The van der Waals surface area contributed by atoms with Crippen LogP contribution in [0, 0.1) is 5.41 Å². The Morgan fingerprint density at radius 3 is 2.36 bits per heavy atom. The van der Waals surface area contributed by atoms with E-state index in [-0.39, 0.29) is 23.4 Å². The summed E-state index contributed by atoms with van der Waals surface area (Å²) < 4.78 is 3.20. The van der Waals surface area contributed by atoms with Gasteiger partial charge in [-0.3, -0.25) is 19.3 Å². The Morgan fingerprint density at radius 2 is 1.79 bits per heavy atom. The number of rotatable bonds is 7. The first kappa shape index (κ1) is 26.4. The third-order valence-corrected chi connectivity index (χ3v) is 7.52. The van der Waals surface area contributed by atoms with E-state index in [0.29, 0.717) is 42.8 Å². The van der Waals surface area contributed by atoms with E-state index in [9.17, 15) is 19.8 Å². The number of aliphatic hydroxyl groups excluding tert-OH is 2. The van der Waals surface area contributed by atoms with E-state index in [1.807, 2.05) is 25.4 Å². The molecule has 0 bridgehead atoms. The van der Waals surface area contributed by atoms with E-state index in [4.69, 9.17) is 10.7 Å². The number of piperidine rings is 1. The van der Waals surface area contributed by atoms with Crippen molar-refractivity contribution in [2.24, 2.45) is 12.5 Å². The van der Waals surface area contributed by atoms with E-state index in [0.717, 1.165) is 22.4 Å². The number of hydrogen-bond donors (Lipinski definition) is 3. The molecule has 204 valence electrons. The van der Waals surface area contributed by atoms with Crippen molar-refractivity contribution in [1.82, 2.24) is 34.3 Å². The second-order valence-corrected chi connectivity index (χ2v) is 10.4. The van der Waals surface area contributed by atoms with Crippen LogP contribution in [0.25, 0.3) is 28.0 Å². The zero-order valence-electron chi connectivity index (χ0n) is 22.2. The quantitative estimate of drug-likeness (QED) is 0.300. The lowest BCUT2D eigenvalue weighted by atomic mass is 9.86. The zero-order chi connectivity index (χ0) is 27.9. The standard InChI is InChI=1S/C27H32N8O4/c1-16(38)22-23(17-6-8-34(9-7-17)26(39)27(2,14-36)15-37)32-25-20(12-31-35(25)24(22)28)18-4-5-21(29-10-18)19-11-30-33(3)13-19/h4-5,10-13,17,36-37H,6-9,14-15,28H2,1-3H3. The van der Waals surface area contributed by atoms with Crippen molar-refractivity contribution in [3.63, 3.8) is 0 Å². The first-order chi connectivity index (χ1) is 18.7. The van der Waals surface area contributed by atoms with Gasteiger partial charge in [-0.15, -0.1) is 0 Å². The number of nitrogens with zero attached hydrogens (tertiary/aromatic N) is 7. The van der Waals surface area contributed by atoms with Crippen LogP contribution < -0.4 is 5.73 Å². The maximum atomic E-state index is 12.9. The average Bonchev–Trinajstić information content (AvgIpc) is 3.58. The van der Waals surface area contributed by atoms with E-state index in [1.165, 1.54) is 11.4 Å². The number of anilines is 1. The van der Waals surface area contributed by atoms with Gasteiger partial charge in [-0.05, 0) is 32.8 Å². The molecule has 4 aromatic heterocycles. The summed E-state index contributed by atoms with van der Waals surface area (Å²) in [4.78, 5) is 36.8. The lowest BCUT2D eigenvalue weighted by molar-refractivity contribution is -0.147. The van der Waals surface area contributed by atoms with E-state index < -0.39 is 18.6 Å². The predicted octanol–water partition coefficient (Wildman–Crippen LogP) is 1.67. The van der Waals surface area contributed by atoms with Gasteiger partial charge in [0.15, 0.2) is 11.4 Å². The monoisotopic (exact) mass is 532 g/mol. The molecular formula is C27H32N8O4. The fourth-order valence-electron chi connectivity index (χ4n) is 5.09. The number of fused-ring (bicyclic) bond motifs is 1. The molecule has 1 saturated heterocycles. The lowest BCUT2D eigenvalue weighted by Gasteiger charge is -2.37. The number of carbonyl (C=O) groups excluding carboxylic acids is 2. The number of nitrogens with two attached hydrogens (primary N) is 1. The molecule has 0 aromatic carbocycles. The highest BCUT2D eigenvalue weighted by Crippen LogP contribution is 2.35. The Morgan fingerprint density at radius 1 is 1.08 bits per heavy atom. The number of nitrogen functional groups attached to an aromatic ring is 1. The fraction of sp³-hybridized carbons (Fsp3) is 0.407. The summed E-state index contributed by atoms with van der Waals surface area (Å²) in [6.45, 7) is 2.96. The summed E-state index contributed by atoms with van der Waals surface area (Å²) in [5.74, 6) is -0.382. The fourth-order valence-corrected chi connectivity index (χ4v) is 5.09. The predicted molar refractivity (Wildman–Crippen MR) is 144 cm³/mol. The molecule has 12 heteroatoms. The van der Waals surface area contributed by atoms with Gasteiger partial charge in [0.05, 0.1) is 48.0 Å². The maximum Gasteiger partial charge on any atom is 0.233 e. The molecule has 39 heavy (non-hydrogen) atoms. The van der Waals surface area contributed by atoms with Crippen molar-refractivity contribution in [2.75, 3.05) is 32.0 Å². The van der Waals surface area contributed by atoms with Gasteiger partial charge in [0.2, 0.25) is 5.91 Å². The summed E-state index contributed by atoms with van der Waals surface area (Å²) >= 11 is 0. The average molecular weight is 533 g/mol. The molecule has 0 radical (unpaired) electrons. The number of ketones is 1. The van der Waals surface area contributed by atoms with Crippen LogP contribution in [-0.2, 0) is 11.8 Å². The van der Waals surface area contributed by atoms with Crippen LogP contribution in [0.5, 0.6) is 0 Å². The Kier molecular flexibility index (Phi) is 6.91. The molecule has 1 fully saturated rings. The van der Waals surface area contributed by atoms with Crippen LogP contribution in [0.1, 0.15) is 48.7 Å². The van der Waals surface area contributed by atoms with Crippen molar-refractivity contribution in [3.8, 4) is 22.4 Å². The smallest absolute Gasteiger partial charge is 0.233 e. The second kappa shape index (κ2) is 10.2. The molecule has 0 spiro atoms. The molecule has 1 aliphatic heterocycles. The van der Waals surface area contributed by atoms with Crippen molar-refractivity contribution >= 4 is 23.2 Å². The molecule has 5 rings (SSSR count). The lowest BCUT2D eigenvalue weighted by Crippen LogP contribution is -2.49. The van der Waals surface area contributed by atoms with Crippen LogP contribution in [-0.4, -0.2) is 82.5 Å². The summed E-state index contributed by atoms with van der Waals surface area (Å²) in [7, 11) is 1.85. The van der Waals surface area contributed by atoms with Crippen molar-refractivity contribution < 1.29 is 19.8 Å². The van der Waals surface area contributed by atoms with Gasteiger partial charge >= 0.3 is 0 Å². The Hall–Kier alpha value is -4.16. The zero-order valence-corrected chi connectivity index (χ0v) is 22.2. The number of likely N-dealkylation sites (tertiary alicyclic amines) is 1. The van der Waals surface area contributed by atoms with E-state index >= 15 is 0 Å². The number of carbonyl (C=O) groups is 2. The Balaban J connectivity index is 1.48. The van der Waals surface area contributed by atoms with Gasteiger partial charge in [0.25, 0.3) is 0 Å². The van der Waals surface area contributed by atoms with Gasteiger partial charge < -0.3 is 20.8 Å². The number of Topliss-reactive ketones (excluding diaryl/α,β-unsaturated/α-hetero) is 1. The third-order valence-electron chi connectivity index (χ3n) is 7.52. The minimum Gasteiger partial charge on any atom is -0.395 e. The number of pyridine rings is 1. The van der Waals surface area contributed by atoms with E-state index in [1.54, 1.807) is 35.1 Å². The van der Waals surface area contributed by atoms with Gasteiger partial charge in [-0.1, -0.05) is 6.07 Å². The summed E-state index contributed by atoms with van der Waals surface area (Å²) in [6, 6.07) is 3.84. The van der Waals surface area contributed by atoms with Crippen molar-refractivity contribution in [1.29, 1.82) is 0 Å². The molecule has 5 heterocycles. The normalized spacial score (nSPS) is 14.7. The van der Waals surface area contributed by atoms with Crippen LogP contribution in [0.15, 0.2) is 36.9 Å². The summed E-state index contributed by atoms with van der Waals surface area (Å²) in [5.41, 5.74) is 9.94. The minimum absolute atomic E-state index is 0.108. The van der Waals surface area contributed by atoms with Crippen molar-refractivity contribution in [2.45, 2.75) is 32.6 Å². The minimum atomic E-state index is -1.23. The second-order valence-electron chi connectivity index (χ2n) is 10.4. The third kappa shape index (κ3) is 4.66.